The van der Waals surface area contributed by atoms with Crippen LogP contribution >= 0.6 is 0 Å². The van der Waals surface area contributed by atoms with Crippen LogP contribution < -0.4 is 5.73 Å². The van der Waals surface area contributed by atoms with E-state index >= 15 is 0 Å². The minimum Gasteiger partial charge on any atom is -0.465 e. The second-order valence-corrected chi connectivity index (χ2v) is 3.42. The summed E-state index contributed by atoms with van der Waals surface area (Å²) in [5.74, 6) is 4.96. The Balaban J connectivity index is 3.14. The number of rotatable bonds is 2. The van der Waals surface area contributed by atoms with E-state index in [1.165, 1.54) is 7.11 Å². The van der Waals surface area contributed by atoms with E-state index in [2.05, 4.69) is 26.6 Å². The molecule has 0 bridgehead atoms. The van der Waals surface area contributed by atoms with Crippen molar-refractivity contribution in [2.45, 2.75) is 6.92 Å². The summed E-state index contributed by atoms with van der Waals surface area (Å²) in [5, 5.41) is 3.28. The molecule has 0 atom stereocenters. The summed E-state index contributed by atoms with van der Waals surface area (Å²) in [6.07, 6.45) is 0. The Morgan fingerprint density at radius 2 is 2.33 bits per heavy atom. The summed E-state index contributed by atoms with van der Waals surface area (Å²) in [5.41, 5.74) is 16.0. The van der Waals surface area contributed by atoms with Gasteiger partial charge in [0.15, 0.2) is 0 Å². The summed E-state index contributed by atoms with van der Waals surface area (Å²) >= 11 is 0. The summed E-state index contributed by atoms with van der Waals surface area (Å²) in [4.78, 5) is 14.1. The van der Waals surface area contributed by atoms with E-state index in [1.54, 1.807) is 19.1 Å². The topological polar surface area (TPSA) is 101 Å². The lowest BCUT2D eigenvalue weighted by atomic mass is 10.0. The number of nitrogens with zero attached hydrogens (tertiary/aromatic N) is 3. The zero-order valence-corrected chi connectivity index (χ0v) is 10.1. The summed E-state index contributed by atoms with van der Waals surface area (Å²) in [6, 6.07) is 3.26. The molecule has 0 aliphatic rings. The number of carbonyl (C=O) groups is 1. The van der Waals surface area contributed by atoms with Crippen LogP contribution in [-0.4, -0.2) is 19.6 Å². The number of methoxy groups -OCH3 is 1. The van der Waals surface area contributed by atoms with Gasteiger partial charge in [0.25, 0.3) is 0 Å². The Morgan fingerprint density at radius 1 is 1.61 bits per heavy atom. The predicted molar refractivity (Wildman–Crippen MR) is 67.8 cm³/mol. The predicted octanol–water partition coefficient (Wildman–Crippen LogP) is 2.03. The smallest absolute Gasteiger partial charge is 0.338 e. The molecule has 0 aliphatic heterocycles. The average Bonchev–Trinajstić information content (AvgIpc) is 2.37. The fourth-order valence-electron chi connectivity index (χ4n) is 1.34. The molecule has 0 saturated carbocycles. The number of benzene rings is 1. The van der Waals surface area contributed by atoms with Crippen molar-refractivity contribution in [1.29, 1.82) is 0 Å². The van der Waals surface area contributed by atoms with Crippen molar-refractivity contribution in [2.24, 2.45) is 5.11 Å². The van der Waals surface area contributed by atoms with Crippen LogP contribution in [0.2, 0.25) is 0 Å². The Hall–Kier alpha value is -2.64. The van der Waals surface area contributed by atoms with Gasteiger partial charge in [-0.1, -0.05) is 17.0 Å². The first-order valence-electron chi connectivity index (χ1n) is 5.08. The van der Waals surface area contributed by atoms with Crippen LogP contribution in [-0.2, 0) is 4.74 Å². The summed E-state index contributed by atoms with van der Waals surface area (Å²) < 4.78 is 4.66. The maximum Gasteiger partial charge on any atom is 0.338 e. The van der Waals surface area contributed by atoms with Gasteiger partial charge in [0.1, 0.15) is 0 Å². The Labute approximate surface area is 104 Å². The minimum absolute atomic E-state index is 0.0673. The highest BCUT2D eigenvalue weighted by molar-refractivity contribution is 5.93. The van der Waals surface area contributed by atoms with Gasteiger partial charge in [-0.15, -0.1) is 0 Å². The molecule has 0 fully saturated rings. The van der Waals surface area contributed by atoms with E-state index in [0.717, 1.165) is 0 Å². The third-order valence-electron chi connectivity index (χ3n) is 2.30. The molecule has 0 aliphatic carbocycles. The highest BCUT2D eigenvalue weighted by Gasteiger charge is 2.12. The zero-order valence-electron chi connectivity index (χ0n) is 10.1. The monoisotopic (exact) mass is 244 g/mol. The first kappa shape index (κ1) is 13.4. The average molecular weight is 244 g/mol. The van der Waals surface area contributed by atoms with Crippen molar-refractivity contribution >= 4 is 11.7 Å². The Bertz CT molecular complexity index is 578. The third kappa shape index (κ3) is 3.17. The lowest BCUT2D eigenvalue weighted by Gasteiger charge is -2.07. The van der Waals surface area contributed by atoms with Crippen molar-refractivity contribution in [2.75, 3.05) is 19.4 Å². The first-order valence-corrected chi connectivity index (χ1v) is 5.08. The van der Waals surface area contributed by atoms with Crippen molar-refractivity contribution in [3.63, 3.8) is 0 Å². The lowest BCUT2D eigenvalue weighted by molar-refractivity contribution is 0.0600. The lowest BCUT2D eigenvalue weighted by Crippen LogP contribution is -2.06. The maximum absolute atomic E-state index is 11.5. The number of hydrogen-bond acceptors (Lipinski definition) is 4. The van der Waals surface area contributed by atoms with Gasteiger partial charge < -0.3 is 10.5 Å². The molecule has 1 aromatic carbocycles. The number of hydrogen-bond donors (Lipinski definition) is 1. The van der Waals surface area contributed by atoms with E-state index in [9.17, 15) is 4.79 Å². The summed E-state index contributed by atoms with van der Waals surface area (Å²) in [6.45, 7) is 1.80. The molecule has 92 valence electrons. The number of azide groups is 1. The van der Waals surface area contributed by atoms with Crippen LogP contribution in [0.1, 0.15) is 21.5 Å². The van der Waals surface area contributed by atoms with Gasteiger partial charge in [-0.2, -0.15) is 0 Å². The van der Waals surface area contributed by atoms with Gasteiger partial charge in [-0.05, 0) is 30.2 Å². The van der Waals surface area contributed by atoms with Crippen LogP contribution in [0, 0.1) is 18.8 Å². The number of ether oxygens (including phenoxy) is 1. The van der Waals surface area contributed by atoms with E-state index < -0.39 is 5.97 Å². The van der Waals surface area contributed by atoms with Crippen LogP contribution in [0.25, 0.3) is 10.4 Å². The van der Waals surface area contributed by atoms with Crippen molar-refractivity contribution in [3.05, 3.63) is 39.3 Å². The SMILES string of the molecule is COC(=O)c1cc(C#CCN=[N+]=[N-])cc(N)c1C. The molecule has 0 aromatic heterocycles. The standard InChI is InChI=1S/C12H12N4O2/c1-8-10(12(17)18-2)6-9(7-11(8)13)4-3-5-15-16-14/h6-7H,5,13H2,1-2H3. The van der Waals surface area contributed by atoms with Gasteiger partial charge >= 0.3 is 5.97 Å². The second kappa shape index (κ2) is 6.18. The molecule has 1 rings (SSSR count). The minimum atomic E-state index is -0.460. The molecule has 0 spiro atoms. The number of nitrogen functional groups attached to an aromatic ring is 1. The molecule has 6 nitrogen and oxygen atoms in total. The van der Waals surface area contributed by atoms with E-state index in [0.29, 0.717) is 22.4 Å². The maximum atomic E-state index is 11.5. The van der Waals surface area contributed by atoms with Crippen LogP contribution in [0.15, 0.2) is 17.2 Å². The molecule has 0 unspecified atom stereocenters. The molecule has 0 saturated heterocycles. The summed E-state index contributed by atoms with van der Waals surface area (Å²) in [7, 11) is 1.30. The fourth-order valence-corrected chi connectivity index (χ4v) is 1.34. The second-order valence-electron chi connectivity index (χ2n) is 3.42. The molecule has 1 aromatic rings. The van der Waals surface area contributed by atoms with Crippen molar-refractivity contribution < 1.29 is 9.53 Å². The van der Waals surface area contributed by atoms with Crippen LogP contribution in [0.4, 0.5) is 5.69 Å². The van der Waals surface area contributed by atoms with E-state index in [1.807, 2.05) is 0 Å². The molecule has 6 heteroatoms. The molecule has 18 heavy (non-hydrogen) atoms. The van der Waals surface area contributed by atoms with E-state index in [4.69, 9.17) is 11.3 Å². The highest BCUT2D eigenvalue weighted by Crippen LogP contribution is 2.19. The van der Waals surface area contributed by atoms with Gasteiger partial charge in [-0.3, -0.25) is 0 Å². The molecule has 0 amide bonds. The number of esters is 1. The van der Waals surface area contributed by atoms with Crippen LogP contribution in [0.3, 0.4) is 0 Å². The van der Waals surface area contributed by atoms with Gasteiger partial charge in [0.2, 0.25) is 0 Å². The quantitative estimate of drug-likeness (QED) is 0.215. The first-order chi connectivity index (χ1) is 8.60. The molecular formula is C12H12N4O2. The third-order valence-corrected chi connectivity index (χ3v) is 2.30. The zero-order chi connectivity index (χ0) is 13.5. The number of anilines is 1. The van der Waals surface area contributed by atoms with Crippen LogP contribution in [0.5, 0.6) is 0 Å². The van der Waals surface area contributed by atoms with Gasteiger partial charge in [-0.25, -0.2) is 4.79 Å². The number of nitrogens with two attached hydrogens (primary N) is 1. The normalized spacial score (nSPS) is 8.78. The Kier molecular flexibility index (Phi) is 4.61. The Morgan fingerprint density at radius 3 is 2.94 bits per heavy atom. The number of carbonyl (C=O) groups excluding carboxylic acids is 1. The van der Waals surface area contributed by atoms with Crippen molar-refractivity contribution in [1.82, 2.24) is 0 Å². The molecular weight excluding hydrogens is 232 g/mol. The molecule has 0 radical (unpaired) electrons. The van der Waals surface area contributed by atoms with Gasteiger partial charge in [0, 0.05) is 16.2 Å². The van der Waals surface area contributed by atoms with Crippen molar-refractivity contribution in [3.8, 4) is 11.8 Å². The fraction of sp³-hybridized carbons (Fsp3) is 0.250. The molecule has 2 N–H and O–H groups in total. The highest BCUT2D eigenvalue weighted by atomic mass is 16.5. The van der Waals surface area contributed by atoms with Gasteiger partial charge in [0.05, 0.1) is 19.2 Å². The largest absolute Gasteiger partial charge is 0.465 e. The molecule has 0 heterocycles. The van der Waals surface area contributed by atoms with E-state index in [-0.39, 0.29) is 6.54 Å².